The summed E-state index contributed by atoms with van der Waals surface area (Å²) in [6.45, 7) is 4.68. The fraction of sp³-hybridized carbons (Fsp3) is 0.414. The number of anilines is 2. The van der Waals surface area contributed by atoms with Gasteiger partial charge in [-0.1, -0.05) is 23.2 Å². The second kappa shape index (κ2) is 12.0. The van der Waals surface area contributed by atoms with E-state index in [2.05, 4.69) is 5.32 Å². The third-order valence-electron chi connectivity index (χ3n) is 6.81. The van der Waals surface area contributed by atoms with E-state index in [-0.39, 0.29) is 31.0 Å². The number of rotatable bonds is 11. The van der Waals surface area contributed by atoms with Crippen LogP contribution in [0.2, 0.25) is 10.0 Å². The molecule has 0 amide bonds. The van der Waals surface area contributed by atoms with Crippen molar-refractivity contribution in [3.05, 3.63) is 61.9 Å². The molecule has 1 N–H and O–H groups in total. The monoisotopic (exact) mass is 590 g/mol. The van der Waals surface area contributed by atoms with Crippen molar-refractivity contribution < 1.29 is 28.2 Å². The summed E-state index contributed by atoms with van der Waals surface area (Å²) in [5.41, 5.74) is 1.86. The highest BCUT2D eigenvalue weighted by Gasteiger charge is 2.46. The molecule has 1 atom stereocenters. The number of benzene rings is 2. The quantitative estimate of drug-likeness (QED) is 0.164. The normalized spacial score (nSPS) is 14.4. The maximum atomic E-state index is 12.3. The first-order valence-electron chi connectivity index (χ1n) is 12.8. The van der Waals surface area contributed by atoms with Crippen LogP contribution in [0.1, 0.15) is 44.7 Å². The van der Waals surface area contributed by atoms with E-state index in [0.29, 0.717) is 38.9 Å². The number of carbonyl (C=O) groups excluding carboxylic acids is 2. The van der Waals surface area contributed by atoms with E-state index in [0.717, 1.165) is 24.1 Å². The predicted octanol–water partition coefficient (Wildman–Crippen LogP) is 5.95. The van der Waals surface area contributed by atoms with Crippen LogP contribution in [0.3, 0.4) is 0 Å². The van der Waals surface area contributed by atoms with Gasteiger partial charge in [-0.2, -0.15) is 0 Å². The largest absolute Gasteiger partial charge is 0.461 e. The Morgan fingerprint density at radius 2 is 1.77 bits per heavy atom. The van der Waals surface area contributed by atoms with E-state index < -0.39 is 17.0 Å². The van der Waals surface area contributed by atoms with E-state index >= 15 is 0 Å². The summed E-state index contributed by atoms with van der Waals surface area (Å²) in [5.74, 6) is -0.494. The SMILES string of the molecule is CC(=O)OCc1cc(=O)oc2cc(OCOC(=O)C3(C)CC3)c(NC(C)Cc3c(Cl)cc(N(C)C)cc3Cl)cc12. The number of nitrogens with one attached hydrogen (secondary N) is 1. The number of halogens is 2. The van der Waals surface area contributed by atoms with Gasteiger partial charge in [0, 0.05) is 65.9 Å². The maximum absolute atomic E-state index is 12.3. The molecule has 1 aliphatic rings. The Bertz CT molecular complexity index is 1470. The minimum absolute atomic E-state index is 0.105. The van der Waals surface area contributed by atoms with Crippen LogP contribution >= 0.6 is 23.2 Å². The summed E-state index contributed by atoms with van der Waals surface area (Å²) < 4.78 is 21.7. The van der Waals surface area contributed by atoms with Gasteiger partial charge in [-0.05, 0) is 56.9 Å². The van der Waals surface area contributed by atoms with Gasteiger partial charge in [-0.25, -0.2) is 4.79 Å². The maximum Gasteiger partial charge on any atom is 0.336 e. The number of nitrogens with zero attached hydrogens (tertiary/aromatic N) is 1. The Morgan fingerprint density at radius 3 is 2.38 bits per heavy atom. The number of hydrogen-bond acceptors (Lipinski definition) is 9. The first kappa shape index (κ1) is 29.6. The molecule has 9 nitrogen and oxygen atoms in total. The van der Waals surface area contributed by atoms with Crippen LogP contribution < -0.4 is 20.6 Å². The van der Waals surface area contributed by atoms with Crippen LogP contribution in [-0.2, 0) is 32.1 Å². The molecule has 1 aromatic heterocycles. The predicted molar refractivity (Wildman–Crippen MR) is 154 cm³/mol. The number of ether oxygens (including phenoxy) is 3. The standard InChI is InChI=1S/C29H32Cl2N2O7/c1-16(8-21-22(30)10-19(33(4)5)11-23(21)31)32-24-12-20-18(14-37-17(2)34)9-27(35)40-25(20)13-26(24)38-15-39-28(36)29(3)6-7-29/h9-13,16,32H,6-8,14-15H2,1-5H3. The van der Waals surface area contributed by atoms with Gasteiger partial charge in [0.25, 0.3) is 0 Å². The minimum atomic E-state index is -0.603. The molecular formula is C29H32Cl2N2O7. The van der Waals surface area contributed by atoms with E-state index in [4.69, 9.17) is 41.8 Å². The molecule has 0 radical (unpaired) electrons. The van der Waals surface area contributed by atoms with Crippen molar-refractivity contribution in [1.29, 1.82) is 0 Å². The van der Waals surface area contributed by atoms with Crippen LogP contribution in [0.15, 0.2) is 39.5 Å². The zero-order valence-corrected chi connectivity index (χ0v) is 24.6. The Morgan fingerprint density at radius 1 is 1.10 bits per heavy atom. The third-order valence-corrected chi connectivity index (χ3v) is 7.49. The molecule has 2 aromatic carbocycles. The van der Waals surface area contributed by atoms with Crippen molar-refractivity contribution in [3.63, 3.8) is 0 Å². The molecule has 4 rings (SSSR count). The van der Waals surface area contributed by atoms with Crippen molar-refractivity contribution >= 4 is 57.5 Å². The fourth-order valence-corrected chi connectivity index (χ4v) is 4.79. The third kappa shape index (κ3) is 7.01. The van der Waals surface area contributed by atoms with E-state index in [1.807, 2.05) is 45.0 Å². The Kier molecular flexibility index (Phi) is 8.85. The Labute approximate surface area is 242 Å². The average Bonchev–Trinajstić information content (AvgIpc) is 3.63. The van der Waals surface area contributed by atoms with Crippen molar-refractivity contribution in [3.8, 4) is 5.75 Å². The molecule has 11 heteroatoms. The molecule has 1 fully saturated rings. The van der Waals surface area contributed by atoms with Gasteiger partial charge in [-0.15, -0.1) is 0 Å². The van der Waals surface area contributed by atoms with E-state index in [1.54, 1.807) is 12.1 Å². The average molecular weight is 591 g/mol. The van der Waals surface area contributed by atoms with Crippen molar-refractivity contribution in [1.82, 2.24) is 0 Å². The van der Waals surface area contributed by atoms with Gasteiger partial charge >= 0.3 is 17.6 Å². The van der Waals surface area contributed by atoms with Crippen molar-refractivity contribution in [2.24, 2.45) is 5.41 Å². The summed E-state index contributed by atoms with van der Waals surface area (Å²) in [5, 5.41) is 5.06. The second-order valence-electron chi connectivity index (χ2n) is 10.5. The number of esters is 2. The van der Waals surface area contributed by atoms with Crippen molar-refractivity contribution in [2.45, 2.75) is 52.7 Å². The fourth-order valence-electron chi connectivity index (χ4n) is 4.16. The van der Waals surface area contributed by atoms with Crippen molar-refractivity contribution in [2.75, 3.05) is 31.1 Å². The zero-order valence-electron chi connectivity index (χ0n) is 23.1. The second-order valence-corrected chi connectivity index (χ2v) is 11.3. The Balaban J connectivity index is 1.64. The van der Waals surface area contributed by atoms with Crippen LogP contribution in [-0.4, -0.2) is 38.9 Å². The zero-order chi connectivity index (χ0) is 29.2. The van der Waals surface area contributed by atoms with E-state index in [1.165, 1.54) is 13.0 Å². The lowest BCUT2D eigenvalue weighted by molar-refractivity contribution is -0.156. The van der Waals surface area contributed by atoms with Crippen LogP contribution in [0.5, 0.6) is 5.75 Å². The molecule has 1 heterocycles. The molecule has 1 unspecified atom stereocenters. The molecule has 0 spiro atoms. The molecule has 40 heavy (non-hydrogen) atoms. The number of fused-ring (bicyclic) bond motifs is 1. The Hall–Kier alpha value is -3.43. The first-order chi connectivity index (χ1) is 18.9. The van der Waals surface area contributed by atoms with Crippen LogP contribution in [0, 0.1) is 5.41 Å². The van der Waals surface area contributed by atoms with Gasteiger partial charge in [-0.3, -0.25) is 9.59 Å². The molecular weight excluding hydrogens is 559 g/mol. The highest BCUT2D eigenvalue weighted by molar-refractivity contribution is 6.36. The smallest absolute Gasteiger partial charge is 0.336 e. The lowest BCUT2D eigenvalue weighted by Gasteiger charge is -2.21. The molecule has 1 saturated carbocycles. The minimum Gasteiger partial charge on any atom is -0.461 e. The van der Waals surface area contributed by atoms with E-state index in [9.17, 15) is 14.4 Å². The highest BCUT2D eigenvalue weighted by atomic mass is 35.5. The molecule has 1 aliphatic carbocycles. The highest BCUT2D eigenvalue weighted by Crippen LogP contribution is 2.46. The summed E-state index contributed by atoms with van der Waals surface area (Å²) in [6.07, 6.45) is 2.05. The molecule has 214 valence electrons. The lowest BCUT2D eigenvalue weighted by atomic mass is 10.0. The summed E-state index contributed by atoms with van der Waals surface area (Å²) in [7, 11) is 3.82. The topological polar surface area (TPSA) is 107 Å². The summed E-state index contributed by atoms with van der Waals surface area (Å²) >= 11 is 13.2. The van der Waals surface area contributed by atoms with Crippen LogP contribution in [0.25, 0.3) is 11.0 Å². The molecule has 3 aromatic rings. The van der Waals surface area contributed by atoms with Gasteiger partial charge < -0.3 is 28.8 Å². The number of hydrogen-bond donors (Lipinski definition) is 1. The first-order valence-corrected chi connectivity index (χ1v) is 13.6. The summed E-state index contributed by atoms with van der Waals surface area (Å²) in [6, 6.07) is 8.10. The van der Waals surface area contributed by atoms with Gasteiger partial charge in [0.05, 0.1) is 11.1 Å². The van der Waals surface area contributed by atoms with Gasteiger partial charge in [0.1, 0.15) is 12.2 Å². The number of carbonyl (C=O) groups is 2. The van der Waals surface area contributed by atoms with Crippen LogP contribution in [0.4, 0.5) is 11.4 Å². The molecule has 0 aliphatic heterocycles. The summed E-state index contributed by atoms with van der Waals surface area (Å²) in [4.78, 5) is 37.8. The molecule has 0 saturated heterocycles. The van der Waals surface area contributed by atoms with Gasteiger partial charge in [0.15, 0.2) is 5.75 Å². The molecule has 0 bridgehead atoms. The lowest BCUT2D eigenvalue weighted by Crippen LogP contribution is -2.21. The van der Waals surface area contributed by atoms with Gasteiger partial charge in [0.2, 0.25) is 6.79 Å².